The first kappa shape index (κ1) is 13.1. The summed E-state index contributed by atoms with van der Waals surface area (Å²) in [4.78, 5) is 30.5. The lowest BCUT2D eigenvalue weighted by molar-refractivity contribution is -0.121. The molecule has 1 amide bonds. The topological polar surface area (TPSA) is 79.8 Å². The molecule has 3 aromatic rings. The summed E-state index contributed by atoms with van der Waals surface area (Å²) in [6, 6.07) is 11.0. The van der Waals surface area contributed by atoms with Crippen LogP contribution in [0.1, 0.15) is 5.56 Å². The Kier molecular flexibility index (Phi) is 3.51. The van der Waals surface area contributed by atoms with Gasteiger partial charge in [0.25, 0.3) is 0 Å². The molecule has 2 N–H and O–H groups in total. The van der Waals surface area contributed by atoms with Gasteiger partial charge in [0, 0.05) is 18.9 Å². The summed E-state index contributed by atoms with van der Waals surface area (Å²) in [5.41, 5.74) is 2.13. The van der Waals surface area contributed by atoms with Crippen LogP contribution >= 0.6 is 0 Å². The SMILES string of the molecule is O=C(Cn1c(=O)[nH]c2ccccc21)NCc1ccncc1. The molecule has 0 fully saturated rings. The van der Waals surface area contributed by atoms with Crippen LogP contribution in [0.2, 0.25) is 0 Å². The van der Waals surface area contributed by atoms with Gasteiger partial charge in [-0.1, -0.05) is 12.1 Å². The van der Waals surface area contributed by atoms with Crippen LogP contribution in [0.3, 0.4) is 0 Å². The van der Waals surface area contributed by atoms with Gasteiger partial charge in [-0.05, 0) is 29.8 Å². The van der Waals surface area contributed by atoms with E-state index in [0.717, 1.165) is 16.6 Å². The Morgan fingerprint density at radius 1 is 1.19 bits per heavy atom. The van der Waals surface area contributed by atoms with Crippen LogP contribution in [0.25, 0.3) is 11.0 Å². The number of fused-ring (bicyclic) bond motifs is 1. The van der Waals surface area contributed by atoms with E-state index in [9.17, 15) is 9.59 Å². The van der Waals surface area contributed by atoms with Crippen molar-refractivity contribution < 1.29 is 4.79 Å². The number of H-pyrrole nitrogens is 1. The predicted molar refractivity (Wildman–Crippen MR) is 78.6 cm³/mol. The van der Waals surface area contributed by atoms with Crippen molar-refractivity contribution in [3.63, 3.8) is 0 Å². The van der Waals surface area contributed by atoms with Gasteiger partial charge in [0.1, 0.15) is 6.54 Å². The fourth-order valence-corrected chi connectivity index (χ4v) is 2.16. The molecule has 0 saturated heterocycles. The van der Waals surface area contributed by atoms with Crippen LogP contribution in [0.4, 0.5) is 0 Å². The Bertz CT molecular complexity index is 820. The van der Waals surface area contributed by atoms with Gasteiger partial charge in [-0.15, -0.1) is 0 Å². The van der Waals surface area contributed by atoms with E-state index in [0.29, 0.717) is 6.54 Å². The van der Waals surface area contributed by atoms with Gasteiger partial charge in [0.05, 0.1) is 11.0 Å². The number of carbonyl (C=O) groups is 1. The Labute approximate surface area is 120 Å². The zero-order chi connectivity index (χ0) is 14.7. The molecule has 21 heavy (non-hydrogen) atoms. The summed E-state index contributed by atoms with van der Waals surface area (Å²) in [5, 5.41) is 2.79. The molecule has 1 aromatic carbocycles. The maximum absolute atomic E-state index is 12.0. The number of carbonyl (C=O) groups excluding carboxylic acids is 1. The zero-order valence-electron chi connectivity index (χ0n) is 11.2. The van der Waals surface area contributed by atoms with Gasteiger partial charge < -0.3 is 10.3 Å². The number of aromatic amines is 1. The van der Waals surface area contributed by atoms with Crippen molar-refractivity contribution in [2.45, 2.75) is 13.1 Å². The van der Waals surface area contributed by atoms with Gasteiger partial charge >= 0.3 is 5.69 Å². The molecule has 3 rings (SSSR count). The third-order valence-corrected chi connectivity index (χ3v) is 3.22. The number of benzene rings is 1. The van der Waals surface area contributed by atoms with Crippen molar-refractivity contribution in [1.82, 2.24) is 19.9 Å². The van der Waals surface area contributed by atoms with E-state index in [2.05, 4.69) is 15.3 Å². The Balaban J connectivity index is 1.72. The second kappa shape index (κ2) is 5.62. The number of hydrogen-bond donors (Lipinski definition) is 2. The molecule has 0 aliphatic carbocycles. The van der Waals surface area contributed by atoms with Gasteiger partial charge in [0.15, 0.2) is 0 Å². The first-order valence-corrected chi connectivity index (χ1v) is 6.57. The fourth-order valence-electron chi connectivity index (χ4n) is 2.16. The van der Waals surface area contributed by atoms with Crippen LogP contribution in [0, 0.1) is 0 Å². The lowest BCUT2D eigenvalue weighted by Gasteiger charge is -2.06. The quantitative estimate of drug-likeness (QED) is 0.750. The number of amides is 1. The minimum atomic E-state index is -0.282. The Morgan fingerprint density at radius 3 is 2.76 bits per heavy atom. The van der Waals surface area contributed by atoms with Gasteiger partial charge in [-0.25, -0.2) is 4.79 Å². The van der Waals surface area contributed by atoms with Crippen molar-refractivity contribution in [3.05, 3.63) is 64.8 Å². The second-order valence-corrected chi connectivity index (χ2v) is 4.67. The van der Waals surface area contributed by atoms with Crippen molar-refractivity contribution in [3.8, 4) is 0 Å². The smallest absolute Gasteiger partial charge is 0.326 e. The number of imidazole rings is 1. The molecule has 0 aliphatic rings. The van der Waals surface area contributed by atoms with Crippen LogP contribution in [0.5, 0.6) is 0 Å². The molecule has 0 radical (unpaired) electrons. The maximum atomic E-state index is 12.0. The number of para-hydroxylation sites is 2. The van der Waals surface area contributed by atoms with Gasteiger partial charge in [0.2, 0.25) is 5.91 Å². The number of rotatable bonds is 4. The standard InChI is InChI=1S/C15H14N4O2/c20-14(17-9-11-5-7-16-8-6-11)10-19-13-4-2-1-3-12(13)18-15(19)21/h1-8H,9-10H2,(H,17,20)(H,18,21). The third-order valence-electron chi connectivity index (χ3n) is 3.22. The van der Waals surface area contributed by atoms with E-state index in [1.165, 1.54) is 4.57 Å². The van der Waals surface area contributed by atoms with Crippen molar-refractivity contribution in [2.75, 3.05) is 0 Å². The van der Waals surface area contributed by atoms with Gasteiger partial charge in [-0.2, -0.15) is 0 Å². The van der Waals surface area contributed by atoms with Gasteiger partial charge in [-0.3, -0.25) is 14.3 Å². The molecule has 0 spiro atoms. The summed E-state index contributed by atoms with van der Waals surface area (Å²) < 4.78 is 1.43. The Hall–Kier alpha value is -2.89. The molecule has 2 aromatic heterocycles. The number of nitrogens with one attached hydrogen (secondary N) is 2. The van der Waals surface area contributed by atoms with E-state index in [1.54, 1.807) is 12.4 Å². The highest BCUT2D eigenvalue weighted by atomic mass is 16.2. The van der Waals surface area contributed by atoms with E-state index in [4.69, 9.17) is 0 Å². The van der Waals surface area contributed by atoms with Crippen molar-refractivity contribution in [1.29, 1.82) is 0 Å². The first-order chi connectivity index (χ1) is 10.2. The van der Waals surface area contributed by atoms with Crippen molar-refractivity contribution >= 4 is 16.9 Å². The highest BCUT2D eigenvalue weighted by molar-refractivity contribution is 5.80. The van der Waals surface area contributed by atoms with E-state index >= 15 is 0 Å². The normalized spacial score (nSPS) is 10.7. The molecule has 6 nitrogen and oxygen atoms in total. The summed E-state index contributed by atoms with van der Waals surface area (Å²) >= 11 is 0. The molecule has 6 heteroatoms. The second-order valence-electron chi connectivity index (χ2n) is 4.67. The summed E-state index contributed by atoms with van der Waals surface area (Å²) in [6.07, 6.45) is 3.34. The molecule has 2 heterocycles. The summed E-state index contributed by atoms with van der Waals surface area (Å²) in [5.74, 6) is -0.210. The first-order valence-electron chi connectivity index (χ1n) is 6.57. The Morgan fingerprint density at radius 2 is 1.95 bits per heavy atom. The fraction of sp³-hybridized carbons (Fsp3) is 0.133. The number of hydrogen-bond acceptors (Lipinski definition) is 3. The molecular weight excluding hydrogens is 268 g/mol. The summed E-state index contributed by atoms with van der Waals surface area (Å²) in [7, 11) is 0. The average molecular weight is 282 g/mol. The number of pyridine rings is 1. The van der Waals surface area contributed by atoms with E-state index in [-0.39, 0.29) is 18.1 Å². The largest absolute Gasteiger partial charge is 0.350 e. The van der Waals surface area contributed by atoms with Crippen LogP contribution < -0.4 is 11.0 Å². The molecule has 0 unspecified atom stereocenters. The lowest BCUT2D eigenvalue weighted by atomic mass is 10.3. The molecule has 0 bridgehead atoms. The maximum Gasteiger partial charge on any atom is 0.326 e. The molecule has 106 valence electrons. The highest BCUT2D eigenvalue weighted by Crippen LogP contribution is 2.08. The zero-order valence-corrected chi connectivity index (χ0v) is 11.2. The highest BCUT2D eigenvalue weighted by Gasteiger charge is 2.09. The molecule has 0 aliphatic heterocycles. The van der Waals surface area contributed by atoms with Crippen LogP contribution in [0.15, 0.2) is 53.6 Å². The summed E-state index contributed by atoms with van der Waals surface area (Å²) in [6.45, 7) is 0.409. The van der Waals surface area contributed by atoms with Crippen LogP contribution in [-0.4, -0.2) is 20.4 Å². The molecular formula is C15H14N4O2. The molecule has 0 atom stereocenters. The predicted octanol–water partition coefficient (Wildman–Crippen LogP) is 1.04. The van der Waals surface area contributed by atoms with Crippen LogP contribution in [-0.2, 0) is 17.9 Å². The lowest BCUT2D eigenvalue weighted by Crippen LogP contribution is -2.30. The molecule has 0 saturated carbocycles. The van der Waals surface area contributed by atoms with E-state index < -0.39 is 0 Å². The minimum Gasteiger partial charge on any atom is -0.350 e. The minimum absolute atomic E-state index is 0.00602. The average Bonchev–Trinajstić information content (AvgIpc) is 2.82. The third kappa shape index (κ3) is 2.84. The van der Waals surface area contributed by atoms with E-state index in [1.807, 2.05) is 36.4 Å². The monoisotopic (exact) mass is 282 g/mol. The number of aromatic nitrogens is 3. The van der Waals surface area contributed by atoms with Crippen molar-refractivity contribution in [2.24, 2.45) is 0 Å². The number of nitrogens with zero attached hydrogens (tertiary/aromatic N) is 2.